The topological polar surface area (TPSA) is 91.9 Å². The molecule has 70 valence electrons. The first-order chi connectivity index (χ1) is 6.18. The third-order valence-electron chi connectivity index (χ3n) is 1.04. The minimum absolute atomic E-state index is 0.0608. The Morgan fingerprint density at radius 3 is 3.15 bits per heavy atom. The van der Waals surface area contributed by atoms with Crippen molar-refractivity contribution in [3.63, 3.8) is 0 Å². The van der Waals surface area contributed by atoms with Crippen molar-refractivity contribution in [2.45, 2.75) is 0 Å². The van der Waals surface area contributed by atoms with Gasteiger partial charge in [0.25, 0.3) is 0 Å². The van der Waals surface area contributed by atoms with Crippen LogP contribution in [0.15, 0.2) is 11.6 Å². The molecule has 0 saturated heterocycles. The quantitative estimate of drug-likeness (QED) is 0.512. The highest BCUT2D eigenvalue weighted by molar-refractivity contribution is 8.14. The van der Waals surface area contributed by atoms with E-state index in [0.29, 0.717) is 5.13 Å². The van der Waals surface area contributed by atoms with Crippen molar-refractivity contribution in [2.24, 2.45) is 5.73 Å². The minimum atomic E-state index is -0.199. The SMILES string of the molecule is N=C(N)SCC(=O)Nc1nccs1. The number of amidine groups is 1. The van der Waals surface area contributed by atoms with Gasteiger partial charge in [-0.15, -0.1) is 11.3 Å². The molecule has 13 heavy (non-hydrogen) atoms. The number of nitrogens with two attached hydrogens (primary N) is 1. The standard InChI is InChI=1S/C6H8N4OS2/c7-5(8)13-3-4(11)10-6-9-1-2-12-6/h1-2H,3H2,(H3,7,8)(H,9,10,11). The van der Waals surface area contributed by atoms with E-state index in [1.807, 2.05) is 0 Å². The Bertz CT molecular complexity index is 298. The van der Waals surface area contributed by atoms with Crippen LogP contribution in [0.25, 0.3) is 0 Å². The summed E-state index contributed by atoms with van der Waals surface area (Å²) < 4.78 is 0. The Labute approximate surface area is 83.2 Å². The molecule has 0 aliphatic heterocycles. The van der Waals surface area contributed by atoms with E-state index >= 15 is 0 Å². The number of amides is 1. The first kappa shape index (κ1) is 10.0. The number of carbonyl (C=O) groups is 1. The molecule has 0 atom stereocenters. The number of carbonyl (C=O) groups excluding carboxylic acids is 1. The molecule has 0 saturated carbocycles. The lowest BCUT2D eigenvalue weighted by atomic mass is 10.7. The summed E-state index contributed by atoms with van der Waals surface area (Å²) in [4.78, 5) is 15.0. The lowest BCUT2D eigenvalue weighted by Gasteiger charge is -1.99. The highest BCUT2D eigenvalue weighted by Crippen LogP contribution is 2.10. The molecular formula is C6H8N4OS2. The van der Waals surface area contributed by atoms with Crippen molar-refractivity contribution >= 4 is 39.3 Å². The van der Waals surface area contributed by atoms with Crippen LogP contribution in [0.4, 0.5) is 5.13 Å². The van der Waals surface area contributed by atoms with Gasteiger partial charge in [-0.05, 0) is 0 Å². The Hall–Kier alpha value is -1.08. The average Bonchev–Trinajstić information content (AvgIpc) is 2.53. The molecular weight excluding hydrogens is 208 g/mol. The van der Waals surface area contributed by atoms with Crippen LogP contribution in [0.5, 0.6) is 0 Å². The van der Waals surface area contributed by atoms with E-state index in [9.17, 15) is 4.79 Å². The first-order valence-corrected chi connectivity index (χ1v) is 5.21. The molecule has 7 heteroatoms. The fraction of sp³-hybridized carbons (Fsp3) is 0.167. The van der Waals surface area contributed by atoms with E-state index in [1.54, 1.807) is 11.6 Å². The van der Waals surface area contributed by atoms with Crippen molar-refractivity contribution in [1.29, 1.82) is 5.41 Å². The normalized spacial score (nSPS) is 9.54. The van der Waals surface area contributed by atoms with Gasteiger partial charge in [0.15, 0.2) is 10.3 Å². The summed E-state index contributed by atoms with van der Waals surface area (Å²) in [6.07, 6.45) is 1.61. The van der Waals surface area contributed by atoms with Gasteiger partial charge in [0.2, 0.25) is 5.91 Å². The number of nitrogens with zero attached hydrogens (tertiary/aromatic N) is 1. The molecule has 0 bridgehead atoms. The maximum absolute atomic E-state index is 11.1. The summed E-state index contributed by atoms with van der Waals surface area (Å²) in [6, 6.07) is 0. The Kier molecular flexibility index (Phi) is 3.71. The number of nitrogens with one attached hydrogen (secondary N) is 2. The third-order valence-corrected chi connectivity index (χ3v) is 2.44. The van der Waals surface area contributed by atoms with Crippen molar-refractivity contribution in [3.8, 4) is 0 Å². The van der Waals surface area contributed by atoms with Crippen molar-refractivity contribution in [1.82, 2.24) is 4.98 Å². The number of hydrogen-bond acceptors (Lipinski definition) is 5. The van der Waals surface area contributed by atoms with Crippen LogP contribution in [0, 0.1) is 5.41 Å². The van der Waals surface area contributed by atoms with Gasteiger partial charge < -0.3 is 11.1 Å². The summed E-state index contributed by atoms with van der Waals surface area (Å²) in [5.74, 6) is -0.0512. The number of thioether (sulfide) groups is 1. The summed E-state index contributed by atoms with van der Waals surface area (Å²) in [5.41, 5.74) is 5.07. The van der Waals surface area contributed by atoms with Gasteiger partial charge in [0, 0.05) is 11.6 Å². The monoisotopic (exact) mass is 216 g/mol. The second-order valence-corrected chi connectivity index (χ2v) is 3.95. The van der Waals surface area contributed by atoms with Crippen molar-refractivity contribution in [2.75, 3.05) is 11.1 Å². The van der Waals surface area contributed by atoms with Gasteiger partial charge in [0.05, 0.1) is 5.75 Å². The molecule has 4 N–H and O–H groups in total. The molecule has 0 spiro atoms. The molecule has 5 nitrogen and oxygen atoms in total. The van der Waals surface area contributed by atoms with E-state index < -0.39 is 0 Å². The molecule has 0 aliphatic rings. The lowest BCUT2D eigenvalue weighted by Crippen LogP contribution is -2.16. The van der Waals surface area contributed by atoms with Crippen LogP contribution in [0.3, 0.4) is 0 Å². The molecule has 0 aliphatic carbocycles. The largest absolute Gasteiger partial charge is 0.379 e. The van der Waals surface area contributed by atoms with Crippen LogP contribution in [0.2, 0.25) is 0 Å². The van der Waals surface area contributed by atoms with Gasteiger partial charge in [-0.25, -0.2) is 4.98 Å². The zero-order valence-corrected chi connectivity index (χ0v) is 8.24. The molecule has 1 rings (SSSR count). The van der Waals surface area contributed by atoms with Crippen LogP contribution in [-0.4, -0.2) is 21.8 Å². The highest BCUT2D eigenvalue weighted by atomic mass is 32.2. The van der Waals surface area contributed by atoms with Gasteiger partial charge >= 0.3 is 0 Å². The number of aromatic nitrogens is 1. The van der Waals surface area contributed by atoms with Crippen LogP contribution in [-0.2, 0) is 4.79 Å². The third kappa shape index (κ3) is 3.90. The van der Waals surface area contributed by atoms with Gasteiger partial charge in [-0.2, -0.15) is 0 Å². The van der Waals surface area contributed by atoms with Gasteiger partial charge in [0.1, 0.15) is 0 Å². The van der Waals surface area contributed by atoms with Crippen molar-refractivity contribution < 1.29 is 4.79 Å². The van der Waals surface area contributed by atoms with Crippen LogP contribution < -0.4 is 11.1 Å². The lowest BCUT2D eigenvalue weighted by molar-refractivity contribution is -0.113. The predicted octanol–water partition coefficient (Wildman–Crippen LogP) is 0.708. The van der Waals surface area contributed by atoms with Crippen LogP contribution >= 0.6 is 23.1 Å². The van der Waals surface area contributed by atoms with E-state index in [-0.39, 0.29) is 16.8 Å². The van der Waals surface area contributed by atoms with Crippen molar-refractivity contribution in [3.05, 3.63) is 11.6 Å². The number of hydrogen-bond donors (Lipinski definition) is 3. The molecule has 1 heterocycles. The van der Waals surface area contributed by atoms with Gasteiger partial charge in [-0.3, -0.25) is 10.2 Å². The highest BCUT2D eigenvalue weighted by Gasteiger charge is 2.04. The second kappa shape index (κ2) is 4.83. The first-order valence-electron chi connectivity index (χ1n) is 3.34. The predicted molar refractivity (Wildman–Crippen MR) is 55.1 cm³/mol. The second-order valence-electron chi connectivity index (χ2n) is 2.04. The molecule has 0 aromatic carbocycles. The maximum atomic E-state index is 11.1. The van der Waals surface area contributed by atoms with E-state index in [1.165, 1.54) is 11.3 Å². The molecule has 1 aromatic rings. The zero-order chi connectivity index (χ0) is 9.68. The summed E-state index contributed by atoms with van der Waals surface area (Å²) in [5, 5.41) is 11.7. The Balaban J connectivity index is 2.30. The minimum Gasteiger partial charge on any atom is -0.379 e. The summed E-state index contributed by atoms with van der Waals surface area (Å²) in [7, 11) is 0. The van der Waals surface area contributed by atoms with E-state index in [2.05, 4.69) is 10.3 Å². The molecule has 1 aromatic heterocycles. The number of anilines is 1. The van der Waals surface area contributed by atoms with Gasteiger partial charge in [-0.1, -0.05) is 11.8 Å². The van der Waals surface area contributed by atoms with Crippen LogP contribution in [0.1, 0.15) is 0 Å². The molecule has 0 radical (unpaired) electrons. The smallest absolute Gasteiger partial charge is 0.236 e. The fourth-order valence-electron chi connectivity index (χ4n) is 0.584. The Morgan fingerprint density at radius 1 is 1.85 bits per heavy atom. The summed E-state index contributed by atoms with van der Waals surface area (Å²) >= 11 is 2.34. The molecule has 0 fully saturated rings. The summed E-state index contributed by atoms with van der Waals surface area (Å²) in [6.45, 7) is 0. The number of rotatable bonds is 3. The molecule has 1 amide bonds. The average molecular weight is 216 g/mol. The zero-order valence-electron chi connectivity index (χ0n) is 6.61. The maximum Gasteiger partial charge on any atom is 0.236 e. The fourth-order valence-corrected chi connectivity index (χ4v) is 1.49. The Morgan fingerprint density at radius 2 is 2.62 bits per heavy atom. The van der Waals surface area contributed by atoms with E-state index in [0.717, 1.165) is 11.8 Å². The molecule has 0 unspecified atom stereocenters. The van der Waals surface area contributed by atoms with E-state index in [4.69, 9.17) is 11.1 Å². The number of thiazole rings is 1.